The molecule has 116 valence electrons. The third-order valence-corrected chi connectivity index (χ3v) is 4.44. The van der Waals surface area contributed by atoms with Crippen molar-refractivity contribution in [1.82, 2.24) is 5.32 Å². The monoisotopic (exact) mass is 317 g/mol. The molecule has 8 heteroatoms. The summed E-state index contributed by atoms with van der Waals surface area (Å²) in [5, 5.41) is 11.3. The molecular weight excluding hydrogens is 301 g/mol. The van der Waals surface area contributed by atoms with Gasteiger partial charge in [-0.1, -0.05) is 19.1 Å². The smallest absolute Gasteiger partial charge is 0.330 e. The fourth-order valence-corrected chi connectivity index (χ4v) is 2.33. The zero-order chi connectivity index (χ0) is 16.2. The summed E-state index contributed by atoms with van der Waals surface area (Å²) in [6, 6.07) is 2.19. The van der Waals surface area contributed by atoms with Crippen molar-refractivity contribution in [3.8, 4) is 0 Å². The number of carbonyl (C=O) groups is 2. The van der Waals surface area contributed by atoms with Crippen LogP contribution >= 0.6 is 0 Å². The van der Waals surface area contributed by atoms with Gasteiger partial charge < -0.3 is 10.4 Å². The molecule has 6 nitrogen and oxygen atoms in total. The van der Waals surface area contributed by atoms with Crippen molar-refractivity contribution >= 4 is 21.7 Å². The fraction of sp³-hybridized carbons (Fsp3) is 0.385. The van der Waals surface area contributed by atoms with Crippen molar-refractivity contribution in [2.75, 3.05) is 11.5 Å². The molecule has 21 heavy (non-hydrogen) atoms. The molecule has 0 fully saturated rings. The molecule has 1 atom stereocenters. The molecule has 0 spiro atoms. The number of aryl methyl sites for hydroxylation is 1. The van der Waals surface area contributed by atoms with Crippen LogP contribution < -0.4 is 5.32 Å². The average molecular weight is 317 g/mol. The zero-order valence-corrected chi connectivity index (χ0v) is 12.4. The second-order valence-electron chi connectivity index (χ2n) is 4.52. The summed E-state index contributed by atoms with van der Waals surface area (Å²) in [5.74, 6) is -3.77. The highest BCUT2D eigenvalue weighted by Gasteiger charge is 2.24. The van der Waals surface area contributed by atoms with E-state index in [2.05, 4.69) is 5.32 Å². The number of sulfone groups is 1. The Morgan fingerprint density at radius 3 is 2.48 bits per heavy atom. The summed E-state index contributed by atoms with van der Waals surface area (Å²) in [7, 11) is -3.55. The predicted molar refractivity (Wildman–Crippen MR) is 74.0 cm³/mol. The maximum Gasteiger partial charge on any atom is 0.330 e. The van der Waals surface area contributed by atoms with E-state index in [0.29, 0.717) is 0 Å². The highest BCUT2D eigenvalue weighted by Crippen LogP contribution is 2.17. The summed E-state index contributed by atoms with van der Waals surface area (Å²) >= 11 is 0. The number of carboxylic acid groups (broad SMARTS) is 1. The van der Waals surface area contributed by atoms with Crippen LogP contribution in [0.1, 0.15) is 24.1 Å². The van der Waals surface area contributed by atoms with Gasteiger partial charge in [0, 0.05) is 5.75 Å². The van der Waals surface area contributed by atoms with Crippen molar-refractivity contribution in [2.45, 2.75) is 19.9 Å². The third-order valence-electron chi connectivity index (χ3n) is 2.86. The number of carboxylic acids is 1. The molecule has 1 unspecified atom stereocenters. The van der Waals surface area contributed by atoms with Gasteiger partial charge >= 0.3 is 5.97 Å². The predicted octanol–water partition coefficient (Wildman–Crippen LogP) is 0.811. The normalized spacial score (nSPS) is 12.7. The number of nitrogens with one attached hydrogen (secondary N) is 1. The average Bonchev–Trinajstić information content (AvgIpc) is 2.38. The second-order valence-corrected chi connectivity index (χ2v) is 6.88. The number of rotatable bonds is 6. The minimum absolute atomic E-state index is 0.170. The van der Waals surface area contributed by atoms with Gasteiger partial charge in [0.05, 0.1) is 0 Å². The van der Waals surface area contributed by atoms with Crippen molar-refractivity contribution in [3.05, 3.63) is 35.1 Å². The molecule has 0 aliphatic heterocycles. The molecule has 0 aromatic heterocycles. The number of benzene rings is 1. The first-order valence-electron chi connectivity index (χ1n) is 6.15. The molecule has 1 amide bonds. The molecule has 1 aromatic carbocycles. The number of amides is 1. The number of halogens is 1. The Morgan fingerprint density at radius 2 is 2.00 bits per heavy atom. The first kappa shape index (κ1) is 17.1. The summed E-state index contributed by atoms with van der Waals surface area (Å²) in [6.07, 6.45) is 0. The summed E-state index contributed by atoms with van der Waals surface area (Å²) in [5.41, 5.74) is 0.401. The van der Waals surface area contributed by atoms with Crippen LogP contribution in [0, 0.1) is 12.7 Å². The van der Waals surface area contributed by atoms with E-state index in [9.17, 15) is 22.4 Å². The molecule has 0 aliphatic rings. The molecule has 0 saturated heterocycles. The fourth-order valence-electron chi connectivity index (χ4n) is 1.64. The molecule has 0 saturated carbocycles. The maximum absolute atomic E-state index is 13.2. The van der Waals surface area contributed by atoms with E-state index in [-0.39, 0.29) is 16.9 Å². The minimum atomic E-state index is -3.55. The number of carbonyl (C=O) groups excluding carboxylic acids is 1. The van der Waals surface area contributed by atoms with E-state index in [0.717, 1.165) is 6.07 Å². The molecule has 1 aromatic rings. The molecule has 0 bridgehead atoms. The van der Waals surface area contributed by atoms with E-state index in [1.807, 2.05) is 0 Å². The van der Waals surface area contributed by atoms with Crippen molar-refractivity contribution in [3.63, 3.8) is 0 Å². The van der Waals surface area contributed by atoms with Crippen LogP contribution in [-0.2, 0) is 19.4 Å². The maximum atomic E-state index is 13.2. The molecule has 0 heterocycles. The van der Waals surface area contributed by atoms with Gasteiger partial charge in [-0.05, 0) is 24.1 Å². The van der Waals surface area contributed by atoms with Crippen LogP contribution in [0.3, 0.4) is 0 Å². The van der Waals surface area contributed by atoms with E-state index >= 15 is 0 Å². The summed E-state index contributed by atoms with van der Waals surface area (Å²) in [4.78, 5) is 22.8. The SMILES string of the molecule is CCS(=O)(=O)CC(=O)NC(C(=O)O)c1ccc(F)c(C)c1. The van der Waals surface area contributed by atoms with Crippen LogP contribution in [-0.4, -0.2) is 36.9 Å². The van der Waals surface area contributed by atoms with Crippen LogP contribution in [0.25, 0.3) is 0 Å². The van der Waals surface area contributed by atoms with Crippen LogP contribution in [0.4, 0.5) is 4.39 Å². The Hall–Kier alpha value is -1.96. The molecular formula is C13H16FNO5S. The number of hydrogen-bond donors (Lipinski definition) is 2. The first-order valence-corrected chi connectivity index (χ1v) is 7.97. The van der Waals surface area contributed by atoms with Crippen molar-refractivity contribution < 1.29 is 27.5 Å². The lowest BCUT2D eigenvalue weighted by molar-refractivity contribution is -0.141. The third kappa shape index (κ3) is 4.82. The molecule has 1 rings (SSSR count). The Balaban J connectivity index is 2.95. The number of aliphatic carboxylic acids is 1. The zero-order valence-electron chi connectivity index (χ0n) is 11.6. The standard InChI is InChI=1S/C13H16FNO5S/c1-3-21(19,20)7-11(16)15-12(13(17)18)9-4-5-10(14)8(2)6-9/h4-6,12H,3,7H2,1-2H3,(H,15,16)(H,17,18). The van der Waals surface area contributed by atoms with Crippen LogP contribution in [0.5, 0.6) is 0 Å². The lowest BCUT2D eigenvalue weighted by Crippen LogP contribution is -2.37. The first-order chi connectivity index (χ1) is 9.66. The summed E-state index contributed by atoms with van der Waals surface area (Å²) < 4.78 is 35.9. The van der Waals surface area contributed by atoms with Gasteiger partial charge in [0.2, 0.25) is 5.91 Å². The molecule has 0 radical (unpaired) electrons. The van der Waals surface area contributed by atoms with Gasteiger partial charge in [-0.2, -0.15) is 0 Å². The Kier molecular flexibility index (Phi) is 5.42. The minimum Gasteiger partial charge on any atom is -0.479 e. The van der Waals surface area contributed by atoms with Crippen molar-refractivity contribution in [2.24, 2.45) is 0 Å². The van der Waals surface area contributed by atoms with E-state index in [1.54, 1.807) is 0 Å². The lowest BCUT2D eigenvalue weighted by atomic mass is 10.0. The molecule has 2 N–H and O–H groups in total. The van der Waals surface area contributed by atoms with Crippen molar-refractivity contribution in [1.29, 1.82) is 0 Å². The van der Waals surface area contributed by atoms with Crippen LogP contribution in [0.2, 0.25) is 0 Å². The Labute approximate surface area is 121 Å². The van der Waals surface area contributed by atoms with E-state index in [1.165, 1.54) is 26.0 Å². The Morgan fingerprint density at radius 1 is 1.38 bits per heavy atom. The van der Waals surface area contributed by atoms with Gasteiger partial charge in [-0.15, -0.1) is 0 Å². The topological polar surface area (TPSA) is 101 Å². The van der Waals surface area contributed by atoms with Gasteiger partial charge in [0.1, 0.15) is 11.6 Å². The quantitative estimate of drug-likeness (QED) is 0.808. The van der Waals surface area contributed by atoms with E-state index in [4.69, 9.17) is 5.11 Å². The van der Waals surface area contributed by atoms with Gasteiger partial charge in [0.15, 0.2) is 15.9 Å². The number of hydrogen-bond acceptors (Lipinski definition) is 4. The van der Waals surface area contributed by atoms with Crippen LogP contribution in [0.15, 0.2) is 18.2 Å². The van der Waals surface area contributed by atoms with Gasteiger partial charge in [-0.3, -0.25) is 4.79 Å². The summed E-state index contributed by atoms with van der Waals surface area (Å²) in [6.45, 7) is 2.85. The highest BCUT2D eigenvalue weighted by atomic mass is 32.2. The van der Waals surface area contributed by atoms with Gasteiger partial charge in [-0.25, -0.2) is 17.6 Å². The van der Waals surface area contributed by atoms with Gasteiger partial charge in [0.25, 0.3) is 0 Å². The largest absolute Gasteiger partial charge is 0.479 e. The second kappa shape index (κ2) is 6.66. The highest BCUT2D eigenvalue weighted by molar-refractivity contribution is 7.92. The van der Waals surface area contributed by atoms with E-state index < -0.39 is 39.3 Å². The lowest BCUT2D eigenvalue weighted by Gasteiger charge is -2.15. The Bertz CT molecular complexity index is 657. The molecule has 0 aliphatic carbocycles.